The van der Waals surface area contributed by atoms with E-state index < -0.39 is 0 Å². The minimum absolute atomic E-state index is 0.0114. The quantitative estimate of drug-likeness (QED) is 0.797. The fourth-order valence-electron chi connectivity index (χ4n) is 3.00. The van der Waals surface area contributed by atoms with E-state index in [-0.39, 0.29) is 12.1 Å². The van der Waals surface area contributed by atoms with Crippen LogP contribution in [0.3, 0.4) is 0 Å². The molecule has 0 amide bonds. The van der Waals surface area contributed by atoms with Gasteiger partial charge in [0, 0.05) is 22.5 Å². The molecular weight excluding hydrogens is 326 g/mol. The van der Waals surface area contributed by atoms with Gasteiger partial charge in [0.1, 0.15) is 11.9 Å². The molecule has 2 nitrogen and oxygen atoms in total. The summed E-state index contributed by atoms with van der Waals surface area (Å²) in [6, 6.07) is 10.5. The summed E-state index contributed by atoms with van der Waals surface area (Å²) in [5, 5.41) is 0. The highest BCUT2D eigenvalue weighted by Gasteiger charge is 2.28. The summed E-state index contributed by atoms with van der Waals surface area (Å²) in [7, 11) is 0. The Bertz CT molecular complexity index is 696. The second kappa shape index (κ2) is 5.47. The summed E-state index contributed by atoms with van der Waals surface area (Å²) in [5.74, 6) is 0.902. The number of fused-ring (bicyclic) bond motifs is 1. The van der Waals surface area contributed by atoms with Gasteiger partial charge in [-0.05, 0) is 61.2 Å². The second-order valence-electron chi connectivity index (χ2n) is 5.92. The first kappa shape index (κ1) is 14.6. The monoisotopic (exact) mass is 345 g/mol. The number of hydrogen-bond acceptors (Lipinski definition) is 2. The van der Waals surface area contributed by atoms with Gasteiger partial charge < -0.3 is 10.5 Å². The molecule has 0 saturated heterocycles. The maximum atomic E-state index is 6.36. The van der Waals surface area contributed by atoms with Crippen molar-refractivity contribution < 1.29 is 4.74 Å². The number of benzene rings is 2. The molecule has 0 radical (unpaired) electrons. The standard InChI is InChI=1S/C18H20BrNO/c1-10-6-12(3)14(7-11(10)2)18-9-16(20)15-8-13(19)4-5-17(15)21-18/h4-8,16,18H,9,20H2,1-3H3. The van der Waals surface area contributed by atoms with E-state index in [9.17, 15) is 0 Å². The van der Waals surface area contributed by atoms with E-state index >= 15 is 0 Å². The average Bonchev–Trinajstić information content (AvgIpc) is 2.43. The molecule has 110 valence electrons. The van der Waals surface area contributed by atoms with Crippen molar-refractivity contribution in [1.29, 1.82) is 0 Å². The van der Waals surface area contributed by atoms with E-state index in [0.29, 0.717) is 0 Å². The Morgan fingerprint density at radius 1 is 1.00 bits per heavy atom. The summed E-state index contributed by atoms with van der Waals surface area (Å²) >= 11 is 3.50. The summed E-state index contributed by atoms with van der Waals surface area (Å²) in [5.41, 5.74) is 12.6. The molecule has 0 fully saturated rings. The van der Waals surface area contributed by atoms with Gasteiger partial charge >= 0.3 is 0 Å². The fourth-order valence-corrected chi connectivity index (χ4v) is 3.37. The normalized spacial score (nSPS) is 20.8. The van der Waals surface area contributed by atoms with E-state index in [2.05, 4.69) is 54.9 Å². The molecule has 2 atom stereocenters. The van der Waals surface area contributed by atoms with Crippen molar-refractivity contribution in [3.8, 4) is 5.75 Å². The van der Waals surface area contributed by atoms with Gasteiger partial charge in [0.05, 0.1) is 0 Å². The fraction of sp³-hybridized carbons (Fsp3) is 0.333. The summed E-state index contributed by atoms with van der Waals surface area (Å²) < 4.78 is 7.26. The zero-order valence-electron chi connectivity index (χ0n) is 12.6. The molecule has 1 aliphatic heterocycles. The average molecular weight is 346 g/mol. The Hall–Kier alpha value is -1.32. The van der Waals surface area contributed by atoms with E-state index in [0.717, 1.165) is 22.2 Å². The van der Waals surface area contributed by atoms with Crippen LogP contribution in [0.2, 0.25) is 0 Å². The van der Waals surface area contributed by atoms with Crippen molar-refractivity contribution in [2.45, 2.75) is 39.3 Å². The first-order valence-corrected chi connectivity index (χ1v) is 8.04. The summed E-state index contributed by atoms with van der Waals surface area (Å²) in [4.78, 5) is 0. The minimum atomic E-state index is 0.0114. The summed E-state index contributed by atoms with van der Waals surface area (Å²) in [6.07, 6.45) is 0.847. The summed E-state index contributed by atoms with van der Waals surface area (Å²) in [6.45, 7) is 6.44. The van der Waals surface area contributed by atoms with Crippen LogP contribution in [0.4, 0.5) is 0 Å². The van der Waals surface area contributed by atoms with Crippen molar-refractivity contribution >= 4 is 15.9 Å². The van der Waals surface area contributed by atoms with Gasteiger partial charge in [-0.2, -0.15) is 0 Å². The molecule has 2 unspecified atom stereocenters. The Morgan fingerprint density at radius 2 is 1.71 bits per heavy atom. The molecule has 2 aromatic rings. The van der Waals surface area contributed by atoms with Gasteiger partial charge in [0.25, 0.3) is 0 Å². The van der Waals surface area contributed by atoms with Crippen molar-refractivity contribution in [2.24, 2.45) is 5.73 Å². The van der Waals surface area contributed by atoms with E-state index in [1.165, 1.54) is 22.3 Å². The topological polar surface area (TPSA) is 35.2 Å². The lowest BCUT2D eigenvalue weighted by molar-refractivity contribution is 0.161. The van der Waals surface area contributed by atoms with Gasteiger partial charge in [-0.25, -0.2) is 0 Å². The lowest BCUT2D eigenvalue weighted by Gasteiger charge is -2.32. The predicted molar refractivity (Wildman–Crippen MR) is 89.7 cm³/mol. The van der Waals surface area contributed by atoms with E-state index in [1.54, 1.807) is 0 Å². The third kappa shape index (κ3) is 2.72. The number of ether oxygens (including phenoxy) is 1. The van der Waals surface area contributed by atoms with Crippen LogP contribution in [-0.4, -0.2) is 0 Å². The maximum Gasteiger partial charge on any atom is 0.126 e. The molecule has 3 rings (SSSR count). The zero-order chi connectivity index (χ0) is 15.1. The molecule has 0 saturated carbocycles. The van der Waals surface area contributed by atoms with Crippen LogP contribution in [0.1, 0.15) is 46.4 Å². The van der Waals surface area contributed by atoms with Gasteiger partial charge in [-0.1, -0.05) is 28.1 Å². The van der Waals surface area contributed by atoms with Crippen LogP contribution < -0.4 is 10.5 Å². The SMILES string of the molecule is Cc1cc(C)c(C2CC(N)c3cc(Br)ccc3O2)cc1C. The number of rotatable bonds is 1. The maximum absolute atomic E-state index is 6.36. The van der Waals surface area contributed by atoms with Crippen LogP contribution in [0.25, 0.3) is 0 Å². The molecule has 2 N–H and O–H groups in total. The molecule has 1 heterocycles. The third-order valence-electron chi connectivity index (χ3n) is 4.34. The number of nitrogens with two attached hydrogens (primary N) is 1. The molecule has 2 aromatic carbocycles. The Kier molecular flexibility index (Phi) is 3.80. The Morgan fingerprint density at radius 3 is 2.48 bits per heavy atom. The molecule has 0 aromatic heterocycles. The van der Waals surface area contributed by atoms with Crippen LogP contribution in [0.15, 0.2) is 34.8 Å². The highest BCUT2D eigenvalue weighted by molar-refractivity contribution is 9.10. The van der Waals surface area contributed by atoms with Crippen LogP contribution in [0.5, 0.6) is 5.75 Å². The van der Waals surface area contributed by atoms with Crippen molar-refractivity contribution in [3.05, 3.63) is 62.6 Å². The van der Waals surface area contributed by atoms with Gasteiger partial charge in [0.15, 0.2) is 0 Å². The van der Waals surface area contributed by atoms with Gasteiger partial charge in [-0.3, -0.25) is 0 Å². The Balaban J connectivity index is 1.99. The van der Waals surface area contributed by atoms with Crippen LogP contribution >= 0.6 is 15.9 Å². The molecule has 1 aliphatic rings. The second-order valence-corrected chi connectivity index (χ2v) is 6.84. The van der Waals surface area contributed by atoms with Crippen molar-refractivity contribution in [1.82, 2.24) is 0 Å². The number of halogens is 1. The van der Waals surface area contributed by atoms with Gasteiger partial charge in [0.2, 0.25) is 0 Å². The van der Waals surface area contributed by atoms with Crippen LogP contribution in [-0.2, 0) is 0 Å². The molecular formula is C18H20BrNO. The largest absolute Gasteiger partial charge is 0.485 e. The Labute approximate surface area is 134 Å². The molecule has 21 heavy (non-hydrogen) atoms. The highest BCUT2D eigenvalue weighted by atomic mass is 79.9. The van der Waals surface area contributed by atoms with E-state index in [4.69, 9.17) is 10.5 Å². The molecule has 0 aliphatic carbocycles. The molecule has 0 spiro atoms. The first-order chi connectivity index (χ1) is 9.95. The number of hydrogen-bond donors (Lipinski definition) is 1. The highest BCUT2D eigenvalue weighted by Crippen LogP contribution is 2.41. The smallest absolute Gasteiger partial charge is 0.126 e. The third-order valence-corrected chi connectivity index (χ3v) is 4.83. The van der Waals surface area contributed by atoms with Gasteiger partial charge in [-0.15, -0.1) is 0 Å². The minimum Gasteiger partial charge on any atom is -0.485 e. The van der Waals surface area contributed by atoms with Crippen molar-refractivity contribution in [3.63, 3.8) is 0 Å². The van der Waals surface area contributed by atoms with Crippen molar-refractivity contribution in [2.75, 3.05) is 0 Å². The lowest BCUT2D eigenvalue weighted by atomic mass is 9.90. The van der Waals surface area contributed by atoms with E-state index in [1.807, 2.05) is 12.1 Å². The number of aryl methyl sites for hydroxylation is 3. The van der Waals surface area contributed by atoms with Crippen LogP contribution in [0, 0.1) is 20.8 Å². The lowest BCUT2D eigenvalue weighted by Crippen LogP contribution is -2.24. The molecule has 3 heteroatoms. The zero-order valence-corrected chi connectivity index (χ0v) is 14.2. The molecule has 0 bridgehead atoms. The predicted octanol–water partition coefficient (Wildman–Crippen LogP) is 4.90. The first-order valence-electron chi connectivity index (χ1n) is 7.25.